The van der Waals surface area contributed by atoms with E-state index < -0.39 is 0 Å². The van der Waals surface area contributed by atoms with Crippen LogP contribution in [0.5, 0.6) is 0 Å². The number of hydrogen-bond acceptors (Lipinski definition) is 5. The van der Waals surface area contributed by atoms with Crippen molar-refractivity contribution >= 4 is 23.4 Å². The monoisotopic (exact) mass is 395 g/mol. The Morgan fingerprint density at radius 1 is 1.19 bits per heavy atom. The molecular formula is C21H30ClNO4. The highest BCUT2D eigenvalue weighted by atomic mass is 35.5. The highest BCUT2D eigenvalue weighted by molar-refractivity contribution is 6.30. The van der Waals surface area contributed by atoms with Crippen LogP contribution < -0.4 is 0 Å². The molecule has 0 aliphatic carbocycles. The van der Waals surface area contributed by atoms with Gasteiger partial charge in [-0.1, -0.05) is 11.6 Å². The van der Waals surface area contributed by atoms with Crippen molar-refractivity contribution in [3.8, 4) is 0 Å². The van der Waals surface area contributed by atoms with Crippen LogP contribution in [0.2, 0.25) is 5.02 Å². The fourth-order valence-electron chi connectivity index (χ4n) is 3.92. The van der Waals surface area contributed by atoms with Gasteiger partial charge in [0.05, 0.1) is 20.1 Å². The largest absolute Gasteiger partial charge is 0.469 e. The molecule has 0 saturated carbocycles. The van der Waals surface area contributed by atoms with Crippen molar-refractivity contribution in [3.05, 3.63) is 33.8 Å². The van der Waals surface area contributed by atoms with Crippen molar-refractivity contribution in [1.29, 1.82) is 0 Å². The molecule has 0 spiro atoms. The Hall–Kier alpha value is -1.43. The van der Waals surface area contributed by atoms with Gasteiger partial charge in [-0.25, -0.2) is 0 Å². The number of Topliss-reactive ketones (excluding diaryl/α,β-unsaturated/α-hetero) is 1. The van der Waals surface area contributed by atoms with Crippen molar-refractivity contribution in [1.82, 2.24) is 5.06 Å². The van der Waals surface area contributed by atoms with Crippen molar-refractivity contribution in [2.45, 2.75) is 46.0 Å². The Morgan fingerprint density at radius 3 is 2.30 bits per heavy atom. The second-order valence-electron chi connectivity index (χ2n) is 7.45. The molecule has 1 aromatic carbocycles. The second-order valence-corrected chi connectivity index (χ2v) is 7.88. The molecule has 1 heterocycles. The minimum Gasteiger partial charge on any atom is -0.469 e. The average molecular weight is 396 g/mol. The van der Waals surface area contributed by atoms with Gasteiger partial charge < -0.3 is 9.57 Å². The third-order valence-electron chi connectivity index (χ3n) is 5.49. The maximum Gasteiger partial charge on any atom is 0.309 e. The average Bonchev–Trinajstić information content (AvgIpc) is 2.64. The van der Waals surface area contributed by atoms with E-state index in [0.717, 1.165) is 42.6 Å². The van der Waals surface area contributed by atoms with Crippen LogP contribution in [0.1, 0.15) is 42.4 Å². The van der Waals surface area contributed by atoms with Gasteiger partial charge in [0, 0.05) is 31.0 Å². The molecule has 1 atom stereocenters. The van der Waals surface area contributed by atoms with Crippen LogP contribution in [0.3, 0.4) is 0 Å². The summed E-state index contributed by atoms with van der Waals surface area (Å²) in [7, 11) is 3.07. The number of rotatable bonds is 8. The van der Waals surface area contributed by atoms with Gasteiger partial charge in [-0.3, -0.25) is 9.59 Å². The van der Waals surface area contributed by atoms with E-state index in [1.165, 1.54) is 7.11 Å². The molecule has 0 radical (unpaired) electrons. The van der Waals surface area contributed by atoms with Gasteiger partial charge in [0.15, 0.2) is 0 Å². The lowest BCUT2D eigenvalue weighted by molar-refractivity contribution is -0.153. The van der Waals surface area contributed by atoms with Gasteiger partial charge in [-0.15, -0.1) is 0 Å². The number of halogens is 1. The maximum absolute atomic E-state index is 12.7. The van der Waals surface area contributed by atoms with Crippen molar-refractivity contribution in [2.75, 3.05) is 27.3 Å². The summed E-state index contributed by atoms with van der Waals surface area (Å²) >= 11 is 6.07. The van der Waals surface area contributed by atoms with Crippen molar-refractivity contribution in [2.24, 2.45) is 11.8 Å². The number of hydroxylamine groups is 2. The van der Waals surface area contributed by atoms with Gasteiger partial charge in [-0.2, -0.15) is 5.06 Å². The van der Waals surface area contributed by atoms with Gasteiger partial charge >= 0.3 is 5.97 Å². The number of carbonyl (C=O) groups excluding carboxylic acids is 2. The van der Waals surface area contributed by atoms with Gasteiger partial charge in [0.1, 0.15) is 5.78 Å². The molecular weight excluding hydrogens is 366 g/mol. The summed E-state index contributed by atoms with van der Waals surface area (Å²) in [6.07, 6.45) is 3.16. The molecule has 0 amide bonds. The third kappa shape index (κ3) is 6.30. The fraction of sp³-hybridized carbons (Fsp3) is 0.619. The number of esters is 1. The Labute approximate surface area is 166 Å². The quantitative estimate of drug-likeness (QED) is 0.624. The molecule has 1 fully saturated rings. The standard InChI is InChI=1S/C21H30ClNO4/c1-14-9-18(22)10-15(2)20(14)13-19(24)12-17(21(25)26-3)11-16-5-7-23(27-4)8-6-16/h9-10,16-17H,5-8,11-13H2,1-4H3. The molecule has 5 nitrogen and oxygen atoms in total. The normalized spacial score (nSPS) is 16.9. The van der Waals surface area contributed by atoms with E-state index in [4.69, 9.17) is 21.2 Å². The number of nitrogens with zero attached hydrogens (tertiary/aromatic N) is 1. The second kappa shape index (κ2) is 10.2. The zero-order valence-electron chi connectivity index (χ0n) is 16.7. The first kappa shape index (κ1) is 21.9. The topological polar surface area (TPSA) is 55.8 Å². The molecule has 1 saturated heterocycles. The first-order chi connectivity index (χ1) is 12.8. The minimum absolute atomic E-state index is 0.0632. The van der Waals surface area contributed by atoms with Crippen molar-refractivity contribution < 1.29 is 19.2 Å². The van der Waals surface area contributed by atoms with Gasteiger partial charge in [0.2, 0.25) is 0 Å². The van der Waals surface area contributed by atoms with Crippen LogP contribution in [-0.4, -0.2) is 44.1 Å². The van der Waals surface area contributed by atoms with E-state index in [9.17, 15) is 9.59 Å². The summed E-state index contributed by atoms with van der Waals surface area (Å²) in [5, 5.41) is 2.61. The zero-order chi connectivity index (χ0) is 20.0. The minimum atomic E-state index is -0.380. The fourth-order valence-corrected chi connectivity index (χ4v) is 4.25. The number of aryl methyl sites for hydroxylation is 2. The number of carbonyl (C=O) groups is 2. The lowest BCUT2D eigenvalue weighted by atomic mass is 9.84. The lowest BCUT2D eigenvalue weighted by Gasteiger charge is -2.31. The Balaban J connectivity index is 1.99. The van der Waals surface area contributed by atoms with Crippen LogP contribution in [0.15, 0.2) is 12.1 Å². The van der Waals surface area contributed by atoms with E-state index in [-0.39, 0.29) is 24.1 Å². The van der Waals surface area contributed by atoms with Crippen molar-refractivity contribution in [3.63, 3.8) is 0 Å². The summed E-state index contributed by atoms with van der Waals surface area (Å²) in [5.41, 5.74) is 3.02. The van der Waals surface area contributed by atoms with E-state index in [2.05, 4.69) is 0 Å². The molecule has 1 aliphatic heterocycles. The van der Waals surface area contributed by atoms with Crippen LogP contribution in [0.25, 0.3) is 0 Å². The van der Waals surface area contributed by atoms with Gasteiger partial charge in [-0.05, 0) is 67.9 Å². The third-order valence-corrected chi connectivity index (χ3v) is 5.71. The van der Waals surface area contributed by atoms with E-state index >= 15 is 0 Å². The Morgan fingerprint density at radius 2 is 1.78 bits per heavy atom. The van der Waals surface area contributed by atoms with E-state index in [1.54, 1.807) is 7.11 Å². The molecule has 150 valence electrons. The number of methoxy groups -OCH3 is 1. The number of ether oxygens (including phenoxy) is 1. The number of hydrogen-bond donors (Lipinski definition) is 0. The molecule has 1 unspecified atom stereocenters. The van der Waals surface area contributed by atoms with Gasteiger partial charge in [0.25, 0.3) is 0 Å². The number of benzene rings is 1. The van der Waals surface area contributed by atoms with Crippen LogP contribution in [0.4, 0.5) is 0 Å². The molecule has 0 N–H and O–H groups in total. The first-order valence-corrected chi connectivity index (χ1v) is 9.86. The lowest BCUT2D eigenvalue weighted by Crippen LogP contribution is -2.34. The van der Waals surface area contributed by atoms with E-state index in [0.29, 0.717) is 23.8 Å². The molecule has 1 aromatic rings. The highest BCUT2D eigenvalue weighted by Gasteiger charge is 2.29. The molecule has 27 heavy (non-hydrogen) atoms. The Bertz CT molecular complexity index is 645. The van der Waals surface area contributed by atoms with E-state index in [1.807, 2.05) is 31.0 Å². The summed E-state index contributed by atoms with van der Waals surface area (Å²) in [5.74, 6) is -0.197. The zero-order valence-corrected chi connectivity index (χ0v) is 17.5. The summed E-state index contributed by atoms with van der Waals surface area (Å²) < 4.78 is 4.97. The smallest absolute Gasteiger partial charge is 0.309 e. The predicted molar refractivity (Wildman–Crippen MR) is 106 cm³/mol. The number of ketones is 1. The van der Waals surface area contributed by atoms with Crippen LogP contribution in [-0.2, 0) is 25.6 Å². The summed E-state index contributed by atoms with van der Waals surface area (Å²) in [4.78, 5) is 30.2. The maximum atomic E-state index is 12.7. The molecule has 0 aromatic heterocycles. The van der Waals surface area contributed by atoms with Crippen LogP contribution >= 0.6 is 11.6 Å². The SMILES string of the molecule is COC(=O)C(CC(=O)Cc1c(C)cc(Cl)cc1C)CC1CCN(OC)CC1. The summed E-state index contributed by atoms with van der Waals surface area (Å²) in [6.45, 7) is 5.63. The number of piperidine rings is 1. The predicted octanol–water partition coefficient (Wildman–Crippen LogP) is 3.91. The molecule has 6 heteroatoms. The van der Waals surface area contributed by atoms with Crippen LogP contribution in [0, 0.1) is 25.7 Å². The molecule has 2 rings (SSSR count). The molecule has 0 bridgehead atoms. The Kier molecular flexibility index (Phi) is 8.27. The summed E-state index contributed by atoms with van der Waals surface area (Å²) in [6, 6.07) is 3.75. The molecule has 1 aliphatic rings. The first-order valence-electron chi connectivity index (χ1n) is 9.48. The highest BCUT2D eigenvalue weighted by Crippen LogP contribution is 2.28.